The summed E-state index contributed by atoms with van der Waals surface area (Å²) in [6.07, 6.45) is 5.70. The van der Waals surface area contributed by atoms with Crippen LogP contribution in [0.5, 0.6) is 5.75 Å². The standard InChI is InChI=1S/C57H72FN15O8S2/c1-35-28-70(22-21-69(35)30-42-31-73(56(77)78)36(2)29-71(42)32-49(74)72-16-8-10-46(72)53-63-45(33-82-53)50(75)39-11-13-41(58)14-12-39)55-59-26-40(27-60-55)54(76)68-19-17-67(18-20-68)15-9-23-81-47-25-44-43(24-48(47)83(79,80)57(5,6)7)52(62-34-61-44)64-51-37(3)38(4)65-66-51/h11-14,24-27,33-36,42,46H,8-10,15-23,28-32H2,1-7H3,(H,77,78)(H2,61,62,64,65,66)/t35-,36-,42+,46+/m1/s1. The van der Waals surface area contributed by atoms with Crippen molar-refractivity contribution in [3.05, 3.63) is 99.4 Å². The van der Waals surface area contributed by atoms with E-state index in [0.29, 0.717) is 129 Å². The number of carbonyl (C=O) groups excluding carboxylic acids is 3. The van der Waals surface area contributed by atoms with Crippen LogP contribution in [0.25, 0.3) is 10.9 Å². The highest BCUT2D eigenvalue weighted by molar-refractivity contribution is 7.92. The minimum Gasteiger partial charge on any atom is -0.492 e. The number of H-pyrrole nitrogens is 1. The van der Waals surface area contributed by atoms with Crippen LogP contribution < -0.4 is 15.0 Å². The average Bonchev–Trinajstić information content (AvgIpc) is 4.18. The highest BCUT2D eigenvalue weighted by atomic mass is 32.2. The number of piperazine rings is 3. The van der Waals surface area contributed by atoms with Crippen molar-refractivity contribution < 1.29 is 41.8 Å². The maximum atomic E-state index is 14.2. The number of carbonyl (C=O) groups is 4. The maximum absolute atomic E-state index is 14.2. The molecule has 4 aliphatic rings. The quantitative estimate of drug-likeness (QED) is 0.0693. The summed E-state index contributed by atoms with van der Waals surface area (Å²) in [6, 6.07) is 7.75. The number of aromatic nitrogens is 7. The SMILES string of the molecule is Cc1n[nH]c(Nc2ncnc3cc(OCCCN4CCN(C(=O)c5cnc(N6CCN(C[C@H]7CN(C(=O)O)[C@H](C)CN7CC(=O)N7CCC[C@H]7c7nc(C(=O)c8ccc(F)cc8)cs7)[C@H](C)C6)nc5)CC4)c(S(=O)(=O)C(C)(C)C)cc23)c1C. The number of benzene rings is 2. The van der Waals surface area contributed by atoms with Crippen LogP contribution >= 0.6 is 11.3 Å². The monoisotopic (exact) mass is 1180 g/mol. The number of ether oxygens (including phenoxy) is 1. The third-order valence-electron chi connectivity index (χ3n) is 16.5. The molecular weight excluding hydrogens is 1110 g/mol. The molecule has 3 N–H and O–H groups in total. The molecule has 0 spiro atoms. The van der Waals surface area contributed by atoms with E-state index >= 15 is 0 Å². The van der Waals surface area contributed by atoms with Crippen LogP contribution in [0.3, 0.4) is 0 Å². The molecule has 6 aromatic rings. The molecule has 4 aliphatic heterocycles. The van der Waals surface area contributed by atoms with Gasteiger partial charge in [0.1, 0.15) is 45.1 Å². The number of halogens is 1. The number of anilines is 3. The Morgan fingerprint density at radius 1 is 0.880 bits per heavy atom. The summed E-state index contributed by atoms with van der Waals surface area (Å²) in [6.45, 7) is 19.7. The summed E-state index contributed by atoms with van der Waals surface area (Å²) in [7, 11) is -3.85. The van der Waals surface area contributed by atoms with Gasteiger partial charge in [-0.15, -0.1) is 11.3 Å². The molecule has 23 nitrogen and oxygen atoms in total. The Morgan fingerprint density at radius 2 is 1.63 bits per heavy atom. The fraction of sp³-hybridized carbons (Fsp3) is 0.509. The van der Waals surface area contributed by atoms with Crippen LogP contribution in [0.1, 0.15) is 103 Å². The summed E-state index contributed by atoms with van der Waals surface area (Å²) in [5.41, 5.74) is 3.26. The van der Waals surface area contributed by atoms with Gasteiger partial charge in [0.2, 0.25) is 17.6 Å². The zero-order valence-corrected chi connectivity index (χ0v) is 49.5. The maximum Gasteiger partial charge on any atom is 0.407 e. The highest BCUT2D eigenvalue weighted by Gasteiger charge is 2.41. The van der Waals surface area contributed by atoms with Crippen LogP contribution in [0, 0.1) is 19.7 Å². The van der Waals surface area contributed by atoms with E-state index in [-0.39, 0.29) is 77.8 Å². The summed E-state index contributed by atoms with van der Waals surface area (Å²) >= 11 is 1.34. The van der Waals surface area contributed by atoms with Crippen molar-refractivity contribution in [3.8, 4) is 5.75 Å². The van der Waals surface area contributed by atoms with E-state index in [1.165, 1.54) is 46.8 Å². The minimum absolute atomic E-state index is 0.0289. The van der Waals surface area contributed by atoms with Gasteiger partial charge >= 0.3 is 6.09 Å². The lowest BCUT2D eigenvalue weighted by Crippen LogP contribution is -2.64. The summed E-state index contributed by atoms with van der Waals surface area (Å²) in [5.74, 6) is 0.867. The number of hydrogen-bond acceptors (Lipinski definition) is 19. The number of rotatable bonds is 17. The third-order valence-corrected chi connectivity index (χ3v) is 19.9. The van der Waals surface area contributed by atoms with Crippen molar-refractivity contribution >= 4 is 73.4 Å². The van der Waals surface area contributed by atoms with Gasteiger partial charge in [0.15, 0.2) is 9.84 Å². The number of amides is 3. The number of hydrogen-bond donors (Lipinski definition) is 3. The number of ketones is 1. The van der Waals surface area contributed by atoms with Crippen molar-refractivity contribution in [2.75, 3.05) is 102 Å². The normalized spacial score (nSPS) is 20.5. The van der Waals surface area contributed by atoms with Crippen LogP contribution in [0.15, 0.2) is 65.4 Å². The fourth-order valence-electron chi connectivity index (χ4n) is 11.3. The van der Waals surface area contributed by atoms with E-state index in [9.17, 15) is 37.1 Å². The topological polar surface area (TPSA) is 260 Å². The van der Waals surface area contributed by atoms with Gasteiger partial charge in [0, 0.05) is 137 Å². The van der Waals surface area contributed by atoms with E-state index in [1.54, 1.807) is 55.6 Å². The van der Waals surface area contributed by atoms with Gasteiger partial charge < -0.3 is 34.8 Å². The Balaban J connectivity index is 0.700. The molecule has 2 aromatic carbocycles. The number of nitrogens with one attached hydrogen (secondary N) is 2. The molecule has 10 rings (SSSR count). The van der Waals surface area contributed by atoms with Gasteiger partial charge in [-0.05, 0) is 98.1 Å². The molecule has 0 saturated carbocycles. The molecule has 0 radical (unpaired) electrons. The third kappa shape index (κ3) is 12.8. The van der Waals surface area contributed by atoms with E-state index in [2.05, 4.69) is 67.0 Å². The Labute approximate surface area is 486 Å². The molecule has 4 aromatic heterocycles. The number of likely N-dealkylation sites (tertiary alicyclic amines) is 1. The van der Waals surface area contributed by atoms with E-state index in [1.807, 2.05) is 25.7 Å². The van der Waals surface area contributed by atoms with E-state index in [0.717, 1.165) is 17.7 Å². The molecule has 4 saturated heterocycles. The number of nitrogens with zero attached hydrogens (tertiary/aromatic N) is 13. The number of sulfone groups is 1. The Bertz CT molecular complexity index is 3460. The zero-order valence-electron chi connectivity index (χ0n) is 47.9. The van der Waals surface area contributed by atoms with E-state index in [4.69, 9.17) is 4.74 Å². The molecular formula is C57H72FN15O8S2. The molecule has 4 fully saturated rings. The lowest BCUT2D eigenvalue weighted by Gasteiger charge is -2.48. The average molecular weight is 1180 g/mol. The molecule has 0 bridgehead atoms. The van der Waals surface area contributed by atoms with Crippen molar-refractivity contribution in [2.45, 2.75) is 102 Å². The van der Waals surface area contributed by atoms with Gasteiger partial charge in [-0.1, -0.05) is 0 Å². The number of thiazole rings is 1. The minimum atomic E-state index is -3.85. The number of fused-ring (bicyclic) bond motifs is 1. The van der Waals surface area contributed by atoms with Gasteiger partial charge in [-0.25, -0.2) is 42.5 Å². The molecule has 442 valence electrons. The molecule has 4 atom stereocenters. The Kier molecular flexibility index (Phi) is 17.4. The van der Waals surface area contributed by atoms with E-state index < -0.39 is 26.5 Å². The van der Waals surface area contributed by atoms with Crippen molar-refractivity contribution in [1.82, 2.24) is 64.5 Å². The second kappa shape index (κ2) is 24.5. The highest BCUT2D eigenvalue weighted by Crippen LogP contribution is 2.38. The van der Waals surface area contributed by atoms with Gasteiger partial charge in [0.05, 0.1) is 40.7 Å². The van der Waals surface area contributed by atoms with Crippen LogP contribution in [0.4, 0.5) is 26.8 Å². The van der Waals surface area contributed by atoms with Crippen molar-refractivity contribution in [3.63, 3.8) is 0 Å². The predicted molar refractivity (Wildman–Crippen MR) is 311 cm³/mol. The van der Waals surface area contributed by atoms with Gasteiger partial charge in [-0.2, -0.15) is 5.10 Å². The Morgan fingerprint density at radius 3 is 2.31 bits per heavy atom. The number of carboxylic acid groups (broad SMARTS) is 1. The fourth-order valence-corrected chi connectivity index (χ4v) is 13.6. The van der Waals surface area contributed by atoms with Gasteiger partial charge in [-0.3, -0.25) is 34.2 Å². The first-order valence-corrected chi connectivity index (χ1v) is 30.6. The lowest BCUT2D eigenvalue weighted by atomic mass is 10.0. The molecule has 26 heteroatoms. The molecule has 8 heterocycles. The first-order valence-electron chi connectivity index (χ1n) is 28.2. The van der Waals surface area contributed by atoms with Crippen molar-refractivity contribution in [1.29, 1.82) is 0 Å². The lowest BCUT2D eigenvalue weighted by molar-refractivity contribution is -0.135. The largest absolute Gasteiger partial charge is 0.492 e. The second-order valence-corrected chi connectivity index (χ2v) is 26.6. The first-order chi connectivity index (χ1) is 39.6. The predicted octanol–water partition coefficient (Wildman–Crippen LogP) is 6.06. The molecule has 0 unspecified atom stereocenters. The number of aromatic amines is 1. The van der Waals surface area contributed by atoms with Crippen LogP contribution in [0.2, 0.25) is 0 Å². The summed E-state index contributed by atoms with van der Waals surface area (Å²) in [4.78, 5) is 90.4. The molecule has 3 amide bonds. The Hall–Kier alpha value is -7.26. The smallest absolute Gasteiger partial charge is 0.407 e. The summed E-state index contributed by atoms with van der Waals surface area (Å²) in [5, 5.41) is 23.5. The van der Waals surface area contributed by atoms with Gasteiger partial charge in [0.25, 0.3) is 5.91 Å². The summed E-state index contributed by atoms with van der Waals surface area (Å²) < 4.78 is 46.7. The van der Waals surface area contributed by atoms with Crippen LogP contribution in [-0.4, -0.2) is 216 Å². The number of aryl methyl sites for hydroxylation is 1. The molecule has 0 aliphatic carbocycles. The molecule has 83 heavy (non-hydrogen) atoms. The van der Waals surface area contributed by atoms with Crippen LogP contribution in [-0.2, 0) is 14.6 Å². The van der Waals surface area contributed by atoms with Crippen molar-refractivity contribution in [2.24, 2.45) is 0 Å². The first kappa shape index (κ1) is 58.9. The second-order valence-electron chi connectivity index (χ2n) is 23.0. The zero-order chi connectivity index (χ0) is 58.9.